The van der Waals surface area contributed by atoms with E-state index in [2.05, 4.69) is 0 Å². The number of carboxylic acids is 2. The zero-order valence-corrected chi connectivity index (χ0v) is 8.65. The van der Waals surface area contributed by atoms with Gasteiger partial charge in [0, 0.05) is 18.2 Å². The van der Waals surface area contributed by atoms with Crippen LogP contribution in [0.1, 0.15) is 43.9 Å². The van der Waals surface area contributed by atoms with Gasteiger partial charge in [0.15, 0.2) is 0 Å². The van der Waals surface area contributed by atoms with Crippen LogP contribution in [0, 0.1) is 0 Å². The monoisotopic (exact) mass is 235 g/mol. The van der Waals surface area contributed by atoms with Gasteiger partial charge in [0.2, 0.25) is 5.91 Å². The normalized spacial score (nSPS) is 15.2. The van der Waals surface area contributed by atoms with Gasteiger partial charge in [-0.1, -0.05) is 12.8 Å². The number of rotatable bonds is 9. The predicted molar refractivity (Wildman–Crippen MR) is 56.0 cm³/mol. The molecule has 0 unspecified atom stereocenters. The molecule has 0 radical (unpaired) electrons. The van der Waals surface area contributed by atoms with Gasteiger partial charge in [-0.2, -0.15) is 0 Å². The fraction of sp³-hybridized carbons (Fsp3) is 0.700. The molecule has 0 rings (SSSR count). The van der Waals surface area contributed by atoms with Gasteiger partial charge in [0.05, 0.1) is 0 Å². The molecule has 0 spiro atoms. The van der Waals surface area contributed by atoms with Crippen molar-refractivity contribution in [3.63, 3.8) is 0 Å². The third kappa shape index (κ3) is 10.5. The first-order valence-corrected chi connectivity index (χ1v) is 4.72. The molecule has 16 heavy (non-hydrogen) atoms. The summed E-state index contributed by atoms with van der Waals surface area (Å²) in [6.07, 6.45) is -4.96. The van der Waals surface area contributed by atoms with E-state index in [9.17, 15) is 14.4 Å². The Morgan fingerprint density at radius 2 is 1.50 bits per heavy atom. The summed E-state index contributed by atoms with van der Waals surface area (Å²) < 4.78 is 29.2. The highest BCUT2D eigenvalue weighted by molar-refractivity contribution is 5.80. The average molecular weight is 235 g/mol. The molecule has 3 N–H and O–H groups in total. The second-order valence-electron chi connectivity index (χ2n) is 2.94. The van der Waals surface area contributed by atoms with Gasteiger partial charge >= 0.3 is 11.9 Å². The maximum Gasteiger partial charge on any atom is 0.322 e. The Hall–Kier alpha value is -1.59. The molecule has 0 bridgehead atoms. The first kappa shape index (κ1) is 8.55. The largest absolute Gasteiger partial charge is 0.481 e. The predicted octanol–water partition coefficient (Wildman–Crippen LogP) is 0.612. The van der Waals surface area contributed by atoms with Gasteiger partial charge < -0.3 is 15.5 Å². The lowest BCUT2D eigenvalue weighted by Gasteiger charge is -2.01. The molecule has 0 heterocycles. The van der Waals surface area contributed by atoms with Crippen LogP contribution in [0.5, 0.6) is 0 Å². The summed E-state index contributed by atoms with van der Waals surface area (Å²) in [4.78, 5) is 32.1. The van der Waals surface area contributed by atoms with Crippen molar-refractivity contribution in [1.29, 1.82) is 0 Å². The lowest BCUT2D eigenvalue weighted by molar-refractivity contribution is -0.138. The van der Waals surface area contributed by atoms with Crippen LogP contribution >= 0.6 is 0 Å². The van der Waals surface area contributed by atoms with E-state index in [1.54, 1.807) is 0 Å². The molecule has 92 valence electrons. The van der Waals surface area contributed by atoms with Crippen molar-refractivity contribution in [1.82, 2.24) is 5.32 Å². The highest BCUT2D eigenvalue weighted by atomic mass is 16.4. The van der Waals surface area contributed by atoms with Gasteiger partial charge in [-0.15, -0.1) is 0 Å². The first-order chi connectivity index (χ1) is 8.99. The van der Waals surface area contributed by atoms with Crippen LogP contribution in [0.2, 0.25) is 0 Å². The fourth-order valence-electron chi connectivity index (χ4n) is 0.866. The fourth-order valence-corrected chi connectivity index (χ4v) is 0.866. The molecular weight excluding hydrogens is 214 g/mol. The maximum atomic E-state index is 11.4. The van der Waals surface area contributed by atoms with E-state index >= 15 is 0 Å². The van der Waals surface area contributed by atoms with Crippen molar-refractivity contribution in [3.05, 3.63) is 0 Å². The van der Waals surface area contributed by atoms with Crippen molar-refractivity contribution in [2.75, 3.05) is 6.54 Å². The number of hydrogen-bond acceptors (Lipinski definition) is 3. The van der Waals surface area contributed by atoms with Crippen LogP contribution in [-0.4, -0.2) is 34.6 Å². The van der Waals surface area contributed by atoms with E-state index in [1.807, 2.05) is 5.32 Å². The Kier molecular flexibility index (Phi) is 4.65. The molecule has 0 aliphatic carbocycles. The van der Waals surface area contributed by atoms with Crippen molar-refractivity contribution in [2.45, 2.75) is 38.4 Å². The minimum Gasteiger partial charge on any atom is -0.481 e. The number of amides is 1. The maximum absolute atomic E-state index is 11.4. The third-order valence-electron chi connectivity index (χ3n) is 1.57. The molecule has 0 aromatic rings. The van der Waals surface area contributed by atoms with E-state index in [4.69, 9.17) is 15.7 Å². The Morgan fingerprint density at radius 1 is 0.938 bits per heavy atom. The molecule has 6 heteroatoms. The molecule has 0 aromatic carbocycles. The quantitative estimate of drug-likeness (QED) is 0.508. The second kappa shape index (κ2) is 8.70. The zero-order valence-electron chi connectivity index (χ0n) is 12.7. The molecule has 0 atom stereocenters. The van der Waals surface area contributed by atoms with E-state index in [0.717, 1.165) is 0 Å². The molecule has 0 saturated heterocycles. The van der Waals surface area contributed by atoms with Gasteiger partial charge in [-0.25, -0.2) is 0 Å². The van der Waals surface area contributed by atoms with E-state index in [1.165, 1.54) is 0 Å². The smallest absolute Gasteiger partial charge is 0.322 e. The summed E-state index contributed by atoms with van der Waals surface area (Å²) in [5.41, 5.74) is 0. The second-order valence-corrected chi connectivity index (χ2v) is 2.94. The van der Waals surface area contributed by atoms with Crippen molar-refractivity contribution in [3.8, 4) is 0 Å². The summed E-state index contributed by atoms with van der Waals surface area (Å²) in [6, 6.07) is 0. The number of unbranched alkanes of at least 4 members (excludes halogenated alkanes) is 1. The van der Waals surface area contributed by atoms with Gasteiger partial charge in [0.25, 0.3) is 0 Å². The number of carbonyl (C=O) groups excluding carboxylic acids is 1. The molecule has 0 aliphatic rings. The summed E-state index contributed by atoms with van der Waals surface area (Å²) >= 11 is 0. The van der Waals surface area contributed by atoms with Crippen molar-refractivity contribution in [2.24, 2.45) is 0 Å². The summed E-state index contributed by atoms with van der Waals surface area (Å²) in [5, 5.41) is 18.8. The van der Waals surface area contributed by atoms with Crippen molar-refractivity contribution >= 4 is 17.8 Å². The number of carbonyl (C=O) groups is 3. The Balaban J connectivity index is 4.13. The van der Waals surface area contributed by atoms with Crippen LogP contribution in [0.3, 0.4) is 0 Å². The minimum atomic E-state index is -2.38. The minimum absolute atomic E-state index is 0.102. The van der Waals surface area contributed by atoms with Crippen LogP contribution < -0.4 is 5.32 Å². The standard InChI is InChI=1S/C10H17NO5/c12-8(11-7-10(15)16)5-3-1-2-4-6-9(13)14/h1-7H2,(H,11,12)(H,13,14)(H,15,16)/i5D2,6D2. The number of hydrogen-bond donors (Lipinski definition) is 3. The van der Waals surface area contributed by atoms with Gasteiger partial charge in [-0.3, -0.25) is 14.4 Å². The van der Waals surface area contributed by atoms with Crippen LogP contribution in [0.25, 0.3) is 0 Å². The summed E-state index contributed by atoms with van der Waals surface area (Å²) in [7, 11) is 0. The van der Waals surface area contributed by atoms with Crippen LogP contribution in [-0.2, 0) is 14.4 Å². The summed E-state index contributed by atoms with van der Waals surface area (Å²) in [5.74, 6) is -3.93. The van der Waals surface area contributed by atoms with E-state index < -0.39 is 37.1 Å². The molecular formula is C10H17NO5. The number of aliphatic carboxylic acids is 2. The van der Waals surface area contributed by atoms with Crippen LogP contribution in [0.15, 0.2) is 0 Å². The molecule has 0 saturated carbocycles. The van der Waals surface area contributed by atoms with E-state index in [0.29, 0.717) is 0 Å². The Bertz CT molecular complexity index is 386. The zero-order chi connectivity index (χ0) is 16.0. The number of carboxylic acid groups (broad SMARTS) is 2. The molecule has 6 nitrogen and oxygen atoms in total. The Labute approximate surface area is 99.3 Å². The van der Waals surface area contributed by atoms with E-state index in [-0.39, 0.29) is 25.7 Å². The average Bonchev–Trinajstić information content (AvgIpc) is 2.31. The van der Waals surface area contributed by atoms with Crippen LogP contribution in [0.4, 0.5) is 0 Å². The topological polar surface area (TPSA) is 104 Å². The van der Waals surface area contributed by atoms with Gasteiger partial charge in [0.1, 0.15) is 6.54 Å². The lowest BCUT2D eigenvalue weighted by atomic mass is 10.1. The third-order valence-corrected chi connectivity index (χ3v) is 1.57. The van der Waals surface area contributed by atoms with Crippen molar-refractivity contribution < 1.29 is 30.1 Å². The highest BCUT2D eigenvalue weighted by Crippen LogP contribution is 2.05. The van der Waals surface area contributed by atoms with Gasteiger partial charge in [-0.05, 0) is 12.8 Å². The number of nitrogens with one attached hydrogen (secondary N) is 1. The molecule has 0 aromatic heterocycles. The summed E-state index contributed by atoms with van der Waals surface area (Å²) in [6.45, 7) is -0.681. The first-order valence-electron chi connectivity index (χ1n) is 6.72. The molecule has 1 amide bonds. The Morgan fingerprint density at radius 3 is 2.00 bits per heavy atom. The highest BCUT2D eigenvalue weighted by Gasteiger charge is 2.03. The molecule has 0 aliphatic heterocycles. The lowest BCUT2D eigenvalue weighted by Crippen LogP contribution is -2.28. The SMILES string of the molecule is [2H]C([2H])(CCCCC([2H])([2H])C(=O)NCC(=O)O)C(=O)O. The molecule has 0 fully saturated rings.